The molecule has 12 aromatic carbocycles. The van der Waals surface area contributed by atoms with Crippen LogP contribution in [-0.2, 0) is 0 Å². The van der Waals surface area contributed by atoms with Crippen LogP contribution < -0.4 is 32.8 Å². The van der Waals surface area contributed by atoms with E-state index in [0.717, 1.165) is 0 Å². The molecule has 2 aliphatic rings. The fraction of sp³-hybridized carbons (Fsp3) is 0.0968. The summed E-state index contributed by atoms with van der Waals surface area (Å²) in [5.41, 5.74) is 16.8. The molecule has 0 unspecified atom stereocenters. The van der Waals surface area contributed by atoms with E-state index in [-0.39, 0.29) is 13.4 Å². The van der Waals surface area contributed by atoms with Crippen LogP contribution in [0.5, 0.6) is 0 Å². The Morgan fingerprint density at radius 1 is 0.266 bits per heavy atom. The maximum Gasteiger partial charge on any atom is 0.243 e. The summed E-state index contributed by atoms with van der Waals surface area (Å²) in [4.78, 5) is 0. The Morgan fingerprint density at radius 2 is 0.516 bits per heavy atom. The fourth-order valence-corrected chi connectivity index (χ4v) is 12.5. The van der Waals surface area contributed by atoms with Crippen LogP contribution in [0.2, 0.25) is 0 Å². The summed E-state index contributed by atoms with van der Waals surface area (Å²) < 4.78 is 0. The van der Waals surface area contributed by atoms with Crippen LogP contribution in [0.4, 0.5) is 0 Å². The Hall–Kier alpha value is -7.15. The summed E-state index contributed by atoms with van der Waals surface area (Å²) in [5.74, 6) is 0.687. The maximum atomic E-state index is 2.60. The minimum atomic E-state index is 0.0977. The van der Waals surface area contributed by atoms with Gasteiger partial charge in [-0.15, -0.1) is 0 Å². The van der Waals surface area contributed by atoms with Crippen LogP contribution in [0.15, 0.2) is 182 Å². The largest absolute Gasteiger partial charge is 0.243 e. The first-order valence-corrected chi connectivity index (χ1v) is 23.3. The first-order chi connectivity index (χ1) is 31.4. The number of hydrogen-bond donors (Lipinski definition) is 0. The molecule has 2 heteroatoms. The van der Waals surface area contributed by atoms with Crippen molar-refractivity contribution in [3.8, 4) is 22.3 Å². The van der Waals surface area contributed by atoms with Crippen molar-refractivity contribution >= 4 is 122 Å². The van der Waals surface area contributed by atoms with E-state index in [4.69, 9.17) is 0 Å². The minimum Gasteiger partial charge on any atom is -0.0623 e. The highest BCUT2D eigenvalue weighted by atomic mass is 14.3. The summed E-state index contributed by atoms with van der Waals surface area (Å²) in [6.45, 7) is 9.75. The van der Waals surface area contributed by atoms with Crippen molar-refractivity contribution in [2.75, 3.05) is 0 Å². The van der Waals surface area contributed by atoms with Crippen molar-refractivity contribution < 1.29 is 0 Å². The zero-order valence-corrected chi connectivity index (χ0v) is 36.6. The first kappa shape index (κ1) is 36.3. The molecule has 12 aromatic rings. The van der Waals surface area contributed by atoms with Gasteiger partial charge in [-0.3, -0.25) is 0 Å². The summed E-state index contributed by atoms with van der Waals surface area (Å²) in [7, 11) is 0. The molecule has 0 aromatic heterocycles. The number of benzene rings is 12. The Bertz CT molecular complexity index is 3550. The molecule has 0 aliphatic carbocycles. The summed E-state index contributed by atoms with van der Waals surface area (Å²) in [6, 6.07) is 70.7. The second-order valence-electron chi connectivity index (χ2n) is 19.5. The predicted octanol–water partition coefficient (Wildman–Crippen LogP) is 12.4. The second kappa shape index (κ2) is 13.2. The van der Waals surface area contributed by atoms with Crippen LogP contribution in [0.1, 0.15) is 50.7 Å². The van der Waals surface area contributed by atoms with E-state index < -0.39 is 0 Å². The van der Waals surface area contributed by atoms with E-state index in [1.807, 2.05) is 0 Å². The lowest BCUT2D eigenvalue weighted by Crippen LogP contribution is -2.50. The van der Waals surface area contributed by atoms with Crippen molar-refractivity contribution in [1.29, 1.82) is 0 Å². The fourth-order valence-electron chi connectivity index (χ4n) is 12.5. The zero-order valence-electron chi connectivity index (χ0n) is 36.6. The van der Waals surface area contributed by atoms with E-state index in [9.17, 15) is 0 Å². The molecular weight excluding hydrogens is 766 g/mol. The van der Waals surface area contributed by atoms with Gasteiger partial charge in [0.05, 0.1) is 0 Å². The third kappa shape index (κ3) is 4.97. The van der Waals surface area contributed by atoms with Gasteiger partial charge < -0.3 is 0 Å². The molecule has 0 nitrogen and oxygen atoms in total. The van der Waals surface area contributed by atoms with Crippen molar-refractivity contribution in [1.82, 2.24) is 0 Å². The Labute approximate surface area is 374 Å². The van der Waals surface area contributed by atoms with Gasteiger partial charge >= 0.3 is 0 Å². The molecule has 298 valence electrons. The highest BCUT2D eigenvalue weighted by Gasteiger charge is 2.39. The normalized spacial score (nSPS) is 13.2. The predicted molar refractivity (Wildman–Crippen MR) is 281 cm³/mol. The molecule has 64 heavy (non-hydrogen) atoms. The van der Waals surface area contributed by atoms with Gasteiger partial charge in [-0.25, -0.2) is 0 Å². The molecule has 14 rings (SSSR count). The van der Waals surface area contributed by atoms with Gasteiger partial charge in [-0.05, 0) is 145 Å². The van der Waals surface area contributed by atoms with Crippen LogP contribution >= 0.6 is 0 Å². The molecule has 0 N–H and O–H groups in total. The topological polar surface area (TPSA) is 0 Å². The molecule has 0 spiro atoms. The van der Waals surface area contributed by atoms with Crippen molar-refractivity contribution in [3.05, 3.63) is 193 Å². The molecule has 2 aliphatic heterocycles. The van der Waals surface area contributed by atoms with E-state index in [2.05, 4.69) is 210 Å². The Kier molecular flexibility index (Phi) is 7.49. The molecule has 0 amide bonds. The number of rotatable bonds is 4. The highest BCUT2D eigenvalue weighted by molar-refractivity contribution is 7.01. The second-order valence-corrected chi connectivity index (χ2v) is 19.5. The van der Waals surface area contributed by atoms with Gasteiger partial charge in [0.25, 0.3) is 0 Å². The Morgan fingerprint density at radius 3 is 0.781 bits per heavy atom. The van der Waals surface area contributed by atoms with Crippen LogP contribution in [-0.4, -0.2) is 13.4 Å². The molecule has 0 fully saturated rings. The average Bonchev–Trinajstić information content (AvgIpc) is 3.79. The molecule has 0 saturated heterocycles. The van der Waals surface area contributed by atoms with E-state index in [1.54, 1.807) is 0 Å². The summed E-state index contributed by atoms with van der Waals surface area (Å²) in [5, 5.41) is 18.8. The number of hydrogen-bond acceptors (Lipinski definition) is 0. The van der Waals surface area contributed by atoms with Gasteiger partial charge in [-0.2, -0.15) is 0 Å². The minimum absolute atomic E-state index is 0.0977. The summed E-state index contributed by atoms with van der Waals surface area (Å²) >= 11 is 0. The Balaban J connectivity index is 1.10. The lowest BCUT2D eigenvalue weighted by atomic mass is 9.37. The van der Waals surface area contributed by atoms with Gasteiger partial charge in [0.1, 0.15) is 0 Å². The van der Waals surface area contributed by atoms with Gasteiger partial charge in [-0.1, -0.05) is 218 Å². The molecule has 0 atom stereocenters. The van der Waals surface area contributed by atoms with Crippen molar-refractivity contribution in [2.24, 2.45) is 0 Å². The van der Waals surface area contributed by atoms with Crippen LogP contribution in [0, 0.1) is 0 Å². The smallest absolute Gasteiger partial charge is 0.0623 e. The standard InChI is InChI=1S/C62H44B2/c1-35(2)49-33-59(63-55-29-41-17-9-5-13-37(41)25-51(55)52-26-38-14-6-10-18-42(38)30-56(52)63)47-24-22-46-50(36(3)4)34-60(48-23-21-45(49)61(47)62(46)48)64-57-31-43-19-11-7-15-39(43)27-53(57)54-28-40-16-8-12-20-44(40)32-58(54)64/h5-36H,1-4H3. The first-order valence-electron chi connectivity index (χ1n) is 23.3. The third-order valence-corrected chi connectivity index (χ3v) is 15.4. The van der Waals surface area contributed by atoms with Gasteiger partial charge in [0.2, 0.25) is 13.4 Å². The highest BCUT2D eigenvalue weighted by Crippen LogP contribution is 2.42. The molecule has 0 saturated carbocycles. The van der Waals surface area contributed by atoms with Gasteiger partial charge in [0, 0.05) is 0 Å². The van der Waals surface area contributed by atoms with Gasteiger partial charge in [0.15, 0.2) is 0 Å². The van der Waals surface area contributed by atoms with Crippen molar-refractivity contribution in [3.63, 3.8) is 0 Å². The lowest BCUT2D eigenvalue weighted by Gasteiger charge is -2.25. The SMILES string of the molecule is CC(C)c1cc(B2c3cc4ccccc4cc3-c3cc4ccccc4cc32)c2ccc3c(C(C)C)cc(B4c5cc6ccccc6cc5-c5cc6ccccc6cc54)c4ccc1c2c43. The monoisotopic (exact) mass is 810 g/mol. The van der Waals surface area contributed by atoms with Crippen molar-refractivity contribution in [2.45, 2.75) is 39.5 Å². The summed E-state index contributed by atoms with van der Waals surface area (Å²) in [6.07, 6.45) is 0. The zero-order chi connectivity index (χ0) is 42.5. The average molecular weight is 811 g/mol. The molecule has 0 bridgehead atoms. The van der Waals surface area contributed by atoms with Crippen LogP contribution in [0.3, 0.4) is 0 Å². The molecule has 0 radical (unpaired) electrons. The number of fused-ring (bicyclic) bond motifs is 10. The maximum absolute atomic E-state index is 2.60. The van der Waals surface area contributed by atoms with Crippen LogP contribution in [0.25, 0.3) is 97.7 Å². The molecule has 2 heterocycles. The van der Waals surface area contributed by atoms with E-state index >= 15 is 0 Å². The third-order valence-electron chi connectivity index (χ3n) is 15.4. The van der Waals surface area contributed by atoms with E-state index in [0.29, 0.717) is 11.8 Å². The van der Waals surface area contributed by atoms with E-state index in [1.165, 1.54) is 142 Å². The molecular formula is C62H44B2. The lowest BCUT2D eigenvalue weighted by molar-refractivity contribution is 0.877. The quantitative estimate of drug-likeness (QED) is 0.123.